The third kappa shape index (κ3) is 4.67. The molecular weight excluding hydrogens is 388 g/mol. The Morgan fingerprint density at radius 3 is 2.45 bits per heavy atom. The maximum atomic E-state index is 12.7. The number of pyridine rings is 1. The summed E-state index contributed by atoms with van der Waals surface area (Å²) in [7, 11) is 1.63. The fourth-order valence-corrected chi connectivity index (χ4v) is 3.40. The number of hydrogen-bond donors (Lipinski definition) is 1. The van der Waals surface area contributed by atoms with Crippen molar-refractivity contribution < 1.29 is 14.3 Å². The van der Waals surface area contributed by atoms with Gasteiger partial charge in [0, 0.05) is 29.1 Å². The number of ether oxygens (including phenoxy) is 2. The van der Waals surface area contributed by atoms with E-state index in [1.807, 2.05) is 79.7 Å². The second kappa shape index (κ2) is 9.30. The lowest BCUT2D eigenvalue weighted by Crippen LogP contribution is -2.22. The van der Waals surface area contributed by atoms with Crippen LogP contribution in [0.1, 0.15) is 22.8 Å². The molecule has 0 atom stereocenters. The Bertz CT molecular complexity index is 1190. The zero-order chi connectivity index (χ0) is 21.6. The van der Waals surface area contributed by atoms with Crippen LogP contribution >= 0.6 is 0 Å². The molecule has 5 heteroatoms. The van der Waals surface area contributed by atoms with E-state index in [0.717, 1.165) is 39.2 Å². The maximum absolute atomic E-state index is 12.7. The molecule has 0 spiro atoms. The lowest BCUT2D eigenvalue weighted by molar-refractivity contribution is 0.0951. The van der Waals surface area contributed by atoms with Gasteiger partial charge in [-0.1, -0.05) is 42.5 Å². The average Bonchev–Trinajstić information content (AvgIpc) is 2.83. The fraction of sp³-hybridized carbons (Fsp3) is 0.154. The number of methoxy groups -OCH3 is 1. The van der Waals surface area contributed by atoms with E-state index < -0.39 is 0 Å². The summed E-state index contributed by atoms with van der Waals surface area (Å²) in [4.78, 5) is 17.5. The minimum absolute atomic E-state index is 0.146. The van der Waals surface area contributed by atoms with Gasteiger partial charge in [0.2, 0.25) is 0 Å². The van der Waals surface area contributed by atoms with Gasteiger partial charge < -0.3 is 14.8 Å². The molecule has 0 saturated carbocycles. The minimum atomic E-state index is -0.146. The Morgan fingerprint density at radius 1 is 0.968 bits per heavy atom. The topological polar surface area (TPSA) is 60.5 Å². The molecular formula is C26H24N2O3. The van der Waals surface area contributed by atoms with Crippen LogP contribution < -0.4 is 14.8 Å². The molecule has 1 aromatic heterocycles. The summed E-state index contributed by atoms with van der Waals surface area (Å²) < 4.78 is 11.1. The highest BCUT2D eigenvalue weighted by atomic mass is 16.5. The Morgan fingerprint density at radius 2 is 1.74 bits per heavy atom. The number of fused-ring (bicyclic) bond motifs is 1. The van der Waals surface area contributed by atoms with Gasteiger partial charge in [-0.25, -0.2) is 4.98 Å². The smallest absolute Gasteiger partial charge is 0.251 e. The molecule has 0 fully saturated rings. The molecule has 5 nitrogen and oxygen atoms in total. The minimum Gasteiger partial charge on any atom is -0.497 e. The summed E-state index contributed by atoms with van der Waals surface area (Å²) in [5.74, 6) is 1.36. The molecule has 1 N–H and O–H groups in total. The maximum Gasteiger partial charge on any atom is 0.251 e. The van der Waals surface area contributed by atoms with Gasteiger partial charge in [-0.15, -0.1) is 0 Å². The molecule has 31 heavy (non-hydrogen) atoms. The lowest BCUT2D eigenvalue weighted by atomic mass is 10.1. The molecule has 0 aliphatic rings. The number of nitrogens with one attached hydrogen (secondary N) is 1. The zero-order valence-corrected chi connectivity index (χ0v) is 17.6. The predicted molar refractivity (Wildman–Crippen MR) is 123 cm³/mol. The lowest BCUT2D eigenvalue weighted by Gasteiger charge is -2.12. The van der Waals surface area contributed by atoms with Crippen molar-refractivity contribution in [1.29, 1.82) is 0 Å². The third-order valence-corrected chi connectivity index (χ3v) is 5.01. The van der Waals surface area contributed by atoms with Gasteiger partial charge in [-0.2, -0.15) is 0 Å². The van der Waals surface area contributed by atoms with Crippen molar-refractivity contribution in [1.82, 2.24) is 10.3 Å². The van der Waals surface area contributed by atoms with E-state index in [4.69, 9.17) is 14.5 Å². The van der Waals surface area contributed by atoms with Crippen molar-refractivity contribution in [2.45, 2.75) is 13.5 Å². The monoisotopic (exact) mass is 412 g/mol. The molecule has 0 radical (unpaired) electrons. The second-order valence-electron chi connectivity index (χ2n) is 7.07. The molecule has 1 heterocycles. The number of carbonyl (C=O) groups excluding carboxylic acids is 1. The number of amides is 1. The van der Waals surface area contributed by atoms with Crippen LogP contribution in [0.2, 0.25) is 0 Å². The quantitative estimate of drug-likeness (QED) is 0.451. The van der Waals surface area contributed by atoms with Gasteiger partial charge >= 0.3 is 0 Å². The van der Waals surface area contributed by atoms with Gasteiger partial charge in [0.15, 0.2) is 0 Å². The third-order valence-electron chi connectivity index (χ3n) is 5.01. The van der Waals surface area contributed by atoms with Crippen LogP contribution in [0.3, 0.4) is 0 Å². The first-order valence-electron chi connectivity index (χ1n) is 10.2. The van der Waals surface area contributed by atoms with Gasteiger partial charge in [0.1, 0.15) is 11.5 Å². The van der Waals surface area contributed by atoms with Crippen LogP contribution in [-0.4, -0.2) is 24.6 Å². The number of rotatable bonds is 7. The van der Waals surface area contributed by atoms with Crippen LogP contribution in [0.25, 0.3) is 22.2 Å². The van der Waals surface area contributed by atoms with Gasteiger partial charge in [0.25, 0.3) is 5.91 Å². The van der Waals surface area contributed by atoms with Crippen molar-refractivity contribution in [3.8, 4) is 22.8 Å². The van der Waals surface area contributed by atoms with Crippen LogP contribution in [0.15, 0.2) is 78.9 Å². The highest BCUT2D eigenvalue weighted by Gasteiger charge is 2.12. The molecule has 156 valence electrons. The van der Waals surface area contributed by atoms with E-state index in [0.29, 0.717) is 18.7 Å². The Hall–Kier alpha value is -3.86. The van der Waals surface area contributed by atoms with Crippen LogP contribution in [0, 0.1) is 0 Å². The first-order valence-corrected chi connectivity index (χ1v) is 10.2. The Labute approximate surface area is 181 Å². The van der Waals surface area contributed by atoms with E-state index in [1.165, 1.54) is 0 Å². The molecule has 0 aliphatic heterocycles. The van der Waals surface area contributed by atoms with Crippen molar-refractivity contribution >= 4 is 16.8 Å². The molecule has 0 aliphatic carbocycles. The van der Waals surface area contributed by atoms with Crippen LogP contribution in [-0.2, 0) is 6.54 Å². The van der Waals surface area contributed by atoms with Gasteiger partial charge in [-0.05, 0) is 42.8 Å². The molecule has 4 aromatic rings. The summed E-state index contributed by atoms with van der Waals surface area (Å²) in [6, 6.07) is 25.0. The Kier molecular flexibility index (Phi) is 6.13. The summed E-state index contributed by atoms with van der Waals surface area (Å²) in [6.45, 7) is 2.91. The van der Waals surface area contributed by atoms with E-state index in [-0.39, 0.29) is 5.91 Å². The van der Waals surface area contributed by atoms with E-state index in [9.17, 15) is 4.79 Å². The van der Waals surface area contributed by atoms with Crippen molar-refractivity contribution in [2.75, 3.05) is 13.7 Å². The number of carbonyl (C=O) groups is 1. The predicted octanol–water partition coefficient (Wildman–Crippen LogP) is 5.24. The molecule has 0 unspecified atom stereocenters. The number of benzene rings is 3. The largest absolute Gasteiger partial charge is 0.497 e. The SMILES string of the molecule is CCOc1cc(-c2ccccc2)nc2ccc(C(=O)NCc3ccc(OC)cc3)cc12. The molecule has 1 amide bonds. The normalized spacial score (nSPS) is 10.6. The molecule has 3 aromatic carbocycles. The first kappa shape index (κ1) is 20.4. The summed E-state index contributed by atoms with van der Waals surface area (Å²) in [5.41, 5.74) is 4.21. The standard InChI is InChI=1S/C26H24N2O3/c1-3-31-25-16-24(19-7-5-4-6-8-19)28-23-14-11-20(15-22(23)25)26(29)27-17-18-9-12-21(30-2)13-10-18/h4-16H,3,17H2,1-2H3,(H,27,29). The fourth-order valence-electron chi connectivity index (χ4n) is 3.40. The average molecular weight is 412 g/mol. The van der Waals surface area contributed by atoms with Crippen LogP contribution in [0.4, 0.5) is 0 Å². The zero-order valence-electron chi connectivity index (χ0n) is 17.6. The van der Waals surface area contributed by atoms with E-state index in [2.05, 4.69) is 5.32 Å². The number of hydrogen-bond acceptors (Lipinski definition) is 4. The number of aromatic nitrogens is 1. The van der Waals surface area contributed by atoms with E-state index >= 15 is 0 Å². The number of nitrogens with zero attached hydrogens (tertiary/aromatic N) is 1. The van der Waals surface area contributed by atoms with Gasteiger partial charge in [-0.3, -0.25) is 4.79 Å². The van der Waals surface area contributed by atoms with Crippen molar-refractivity contribution in [3.63, 3.8) is 0 Å². The summed E-state index contributed by atoms with van der Waals surface area (Å²) in [5, 5.41) is 3.78. The molecule has 4 rings (SSSR count). The van der Waals surface area contributed by atoms with E-state index in [1.54, 1.807) is 13.2 Å². The highest BCUT2D eigenvalue weighted by Crippen LogP contribution is 2.31. The second-order valence-corrected chi connectivity index (χ2v) is 7.07. The van der Waals surface area contributed by atoms with Gasteiger partial charge in [0.05, 0.1) is 24.9 Å². The molecule has 0 saturated heterocycles. The van der Waals surface area contributed by atoms with Crippen molar-refractivity contribution in [2.24, 2.45) is 0 Å². The summed E-state index contributed by atoms with van der Waals surface area (Å²) >= 11 is 0. The highest BCUT2D eigenvalue weighted by molar-refractivity contribution is 5.99. The van der Waals surface area contributed by atoms with Crippen LogP contribution in [0.5, 0.6) is 11.5 Å². The first-order chi connectivity index (χ1) is 15.2. The Balaban J connectivity index is 1.60. The molecule has 0 bridgehead atoms. The summed E-state index contributed by atoms with van der Waals surface area (Å²) in [6.07, 6.45) is 0. The van der Waals surface area contributed by atoms with Crippen molar-refractivity contribution in [3.05, 3.63) is 90.0 Å².